The van der Waals surface area contributed by atoms with Crippen molar-refractivity contribution in [1.82, 2.24) is 5.32 Å². The average Bonchev–Trinajstić information content (AvgIpc) is 2.61. The Morgan fingerprint density at radius 3 is 2.67 bits per heavy atom. The normalized spacial score (nSPS) is 21.9. The van der Waals surface area contributed by atoms with Crippen LogP contribution >= 0.6 is 0 Å². The van der Waals surface area contributed by atoms with E-state index in [1.807, 2.05) is 6.08 Å². The van der Waals surface area contributed by atoms with Crippen LogP contribution < -0.4 is 10.8 Å². The SMILES string of the molecule is Bc1ccc(C/C=C\C2=C(/C=C)C/C=C\C=C/CN2)cc1. The van der Waals surface area contributed by atoms with Gasteiger partial charge in [0.2, 0.25) is 0 Å². The molecule has 1 aliphatic heterocycles. The highest BCUT2D eigenvalue weighted by molar-refractivity contribution is 6.32. The Kier molecular flexibility index (Phi) is 5.90. The number of hydrogen-bond acceptors (Lipinski definition) is 1. The highest BCUT2D eigenvalue weighted by Gasteiger charge is 2.00. The lowest BCUT2D eigenvalue weighted by molar-refractivity contribution is 0.914. The van der Waals surface area contributed by atoms with Gasteiger partial charge in [-0.25, -0.2) is 0 Å². The van der Waals surface area contributed by atoms with Gasteiger partial charge in [-0.3, -0.25) is 0 Å². The molecular weight excluding hydrogens is 253 g/mol. The fraction of sp³-hybridized carbons (Fsp3) is 0.158. The van der Waals surface area contributed by atoms with Gasteiger partial charge in [0.25, 0.3) is 0 Å². The highest BCUT2D eigenvalue weighted by atomic mass is 14.9. The number of nitrogens with one attached hydrogen (secondary N) is 1. The van der Waals surface area contributed by atoms with Crippen LogP contribution in [0.2, 0.25) is 0 Å². The van der Waals surface area contributed by atoms with E-state index in [1.54, 1.807) is 0 Å². The maximum Gasteiger partial charge on any atom is 0.139 e. The largest absolute Gasteiger partial charge is 0.381 e. The summed E-state index contributed by atoms with van der Waals surface area (Å²) < 4.78 is 0. The molecule has 0 aliphatic carbocycles. The minimum atomic E-state index is 0.839. The first-order valence-corrected chi connectivity index (χ1v) is 7.43. The number of allylic oxidation sites excluding steroid dienone is 7. The molecule has 21 heavy (non-hydrogen) atoms. The molecule has 0 spiro atoms. The first-order chi connectivity index (χ1) is 10.3. The van der Waals surface area contributed by atoms with E-state index in [0.717, 1.165) is 25.1 Å². The molecule has 2 rings (SSSR count). The van der Waals surface area contributed by atoms with E-state index in [4.69, 9.17) is 0 Å². The molecule has 0 amide bonds. The summed E-state index contributed by atoms with van der Waals surface area (Å²) in [6, 6.07) is 8.69. The molecule has 0 bridgehead atoms. The van der Waals surface area contributed by atoms with Crippen molar-refractivity contribution >= 4 is 13.3 Å². The molecule has 0 saturated heterocycles. The second-order valence-corrected chi connectivity index (χ2v) is 5.18. The van der Waals surface area contributed by atoms with Gasteiger partial charge in [0.15, 0.2) is 0 Å². The van der Waals surface area contributed by atoms with E-state index < -0.39 is 0 Å². The van der Waals surface area contributed by atoms with E-state index >= 15 is 0 Å². The Morgan fingerprint density at radius 2 is 1.90 bits per heavy atom. The maximum absolute atomic E-state index is 3.93. The number of hydrogen-bond donors (Lipinski definition) is 1. The molecule has 0 atom stereocenters. The molecule has 0 aromatic heterocycles. The Hall–Kier alpha value is -2.22. The molecule has 1 aromatic carbocycles. The third-order valence-electron chi connectivity index (χ3n) is 3.48. The van der Waals surface area contributed by atoms with Crippen LogP contribution in [0.1, 0.15) is 12.0 Å². The van der Waals surface area contributed by atoms with Crippen LogP contribution in [-0.2, 0) is 6.42 Å². The van der Waals surface area contributed by atoms with Gasteiger partial charge >= 0.3 is 0 Å². The molecule has 1 nitrogen and oxygen atoms in total. The molecule has 0 radical (unpaired) electrons. The average molecular weight is 275 g/mol. The lowest BCUT2D eigenvalue weighted by atomic mass is 9.95. The predicted molar refractivity (Wildman–Crippen MR) is 95.6 cm³/mol. The van der Waals surface area contributed by atoms with Crippen LogP contribution in [0.3, 0.4) is 0 Å². The predicted octanol–water partition coefficient (Wildman–Crippen LogP) is 2.59. The van der Waals surface area contributed by atoms with E-state index in [2.05, 4.69) is 80.5 Å². The third-order valence-corrected chi connectivity index (χ3v) is 3.48. The van der Waals surface area contributed by atoms with Crippen LogP contribution in [0.25, 0.3) is 0 Å². The van der Waals surface area contributed by atoms with Crippen LogP contribution in [-0.4, -0.2) is 14.4 Å². The summed E-state index contributed by atoms with van der Waals surface area (Å²) in [7, 11) is 2.11. The van der Waals surface area contributed by atoms with E-state index in [0.29, 0.717) is 0 Å². The second-order valence-electron chi connectivity index (χ2n) is 5.18. The van der Waals surface area contributed by atoms with Gasteiger partial charge in [-0.2, -0.15) is 0 Å². The summed E-state index contributed by atoms with van der Waals surface area (Å²) >= 11 is 0. The zero-order valence-electron chi connectivity index (χ0n) is 12.7. The first-order valence-electron chi connectivity index (χ1n) is 7.43. The van der Waals surface area contributed by atoms with Crippen molar-refractivity contribution in [2.75, 3.05) is 6.54 Å². The van der Waals surface area contributed by atoms with E-state index in [9.17, 15) is 0 Å². The van der Waals surface area contributed by atoms with Crippen molar-refractivity contribution in [2.45, 2.75) is 12.8 Å². The van der Waals surface area contributed by atoms with Gasteiger partial charge in [-0.05, 0) is 30.1 Å². The fourth-order valence-electron chi connectivity index (χ4n) is 2.21. The molecule has 2 heteroatoms. The lowest BCUT2D eigenvalue weighted by Crippen LogP contribution is -2.13. The standard InChI is InChI=1S/C19H22BN/c1-2-17-9-5-3-4-6-15-21-19(17)10-7-8-16-11-13-18(20)14-12-16/h2-7,10-14,21H,1,8-9,15,20H2/b5-3-,6-4-,10-7-,19-17-. The van der Waals surface area contributed by atoms with Gasteiger partial charge in [0, 0.05) is 12.2 Å². The minimum absolute atomic E-state index is 0.839. The second kappa shape index (κ2) is 8.16. The fourth-order valence-corrected chi connectivity index (χ4v) is 2.21. The quantitative estimate of drug-likeness (QED) is 0.833. The summed E-state index contributed by atoms with van der Waals surface area (Å²) in [5.74, 6) is 0. The summed E-state index contributed by atoms with van der Waals surface area (Å²) in [5.41, 5.74) is 5.03. The topological polar surface area (TPSA) is 12.0 Å². The molecule has 0 fully saturated rings. The third kappa shape index (κ3) is 5.00. The van der Waals surface area contributed by atoms with Crippen molar-refractivity contribution in [3.63, 3.8) is 0 Å². The summed E-state index contributed by atoms with van der Waals surface area (Å²) in [6.45, 7) is 4.77. The van der Waals surface area contributed by atoms with E-state index in [-0.39, 0.29) is 0 Å². The van der Waals surface area contributed by atoms with Crippen LogP contribution in [0.5, 0.6) is 0 Å². The van der Waals surface area contributed by atoms with Gasteiger partial charge in [0.05, 0.1) is 0 Å². The molecule has 1 heterocycles. The molecular formula is C19H22BN. The van der Waals surface area contributed by atoms with Crippen molar-refractivity contribution in [2.24, 2.45) is 0 Å². The molecule has 0 saturated carbocycles. The highest BCUT2D eigenvalue weighted by Crippen LogP contribution is 2.12. The first kappa shape index (κ1) is 15.2. The van der Waals surface area contributed by atoms with Gasteiger partial charge in [-0.15, -0.1) is 0 Å². The number of benzene rings is 1. The summed E-state index contributed by atoms with van der Waals surface area (Å²) in [5, 5.41) is 3.45. The number of rotatable bonds is 4. The monoisotopic (exact) mass is 275 g/mol. The molecule has 1 N–H and O–H groups in total. The van der Waals surface area contributed by atoms with Crippen LogP contribution in [0.4, 0.5) is 0 Å². The van der Waals surface area contributed by atoms with E-state index in [1.165, 1.54) is 16.6 Å². The van der Waals surface area contributed by atoms with Crippen molar-refractivity contribution < 1.29 is 0 Å². The van der Waals surface area contributed by atoms with Crippen molar-refractivity contribution in [1.29, 1.82) is 0 Å². The smallest absolute Gasteiger partial charge is 0.139 e. The van der Waals surface area contributed by atoms with Crippen molar-refractivity contribution in [3.8, 4) is 0 Å². The maximum atomic E-state index is 3.93. The molecule has 0 unspecified atom stereocenters. The zero-order chi connectivity index (χ0) is 14.9. The summed E-state index contributed by atoms with van der Waals surface area (Å²) in [4.78, 5) is 0. The molecule has 1 aliphatic rings. The van der Waals surface area contributed by atoms with Gasteiger partial charge in [0.1, 0.15) is 7.85 Å². The van der Waals surface area contributed by atoms with Crippen molar-refractivity contribution in [3.05, 3.63) is 90.2 Å². The Morgan fingerprint density at radius 1 is 1.14 bits per heavy atom. The Bertz CT molecular complexity index is 588. The lowest BCUT2D eigenvalue weighted by Gasteiger charge is -2.09. The van der Waals surface area contributed by atoms with Gasteiger partial charge < -0.3 is 5.32 Å². The Labute approximate surface area is 128 Å². The Balaban J connectivity index is 2.08. The van der Waals surface area contributed by atoms with Gasteiger partial charge in [-0.1, -0.05) is 72.8 Å². The molecule has 1 aromatic rings. The van der Waals surface area contributed by atoms with Crippen LogP contribution in [0, 0.1) is 0 Å². The molecule has 106 valence electrons. The minimum Gasteiger partial charge on any atom is -0.381 e. The summed E-state index contributed by atoms with van der Waals surface area (Å²) in [6.07, 6.45) is 16.6. The zero-order valence-corrected chi connectivity index (χ0v) is 12.7. The van der Waals surface area contributed by atoms with Crippen LogP contribution in [0.15, 0.2) is 84.6 Å².